The number of imidazole rings is 1. The van der Waals surface area contributed by atoms with Gasteiger partial charge in [0.2, 0.25) is 0 Å². The van der Waals surface area contributed by atoms with Crippen LogP contribution >= 0.6 is 0 Å². The third kappa shape index (κ3) is 2.56. The number of nitrogens with one attached hydrogen (secondary N) is 1. The molecule has 0 spiro atoms. The third-order valence-electron chi connectivity index (χ3n) is 2.94. The van der Waals surface area contributed by atoms with Crippen LogP contribution in [0, 0.1) is 11.6 Å². The molecule has 1 unspecified atom stereocenters. The lowest BCUT2D eigenvalue weighted by Gasteiger charge is -2.15. The Morgan fingerprint density at radius 1 is 1.39 bits per heavy atom. The highest BCUT2D eigenvalue weighted by atomic mass is 19.2. The van der Waals surface area contributed by atoms with Crippen molar-refractivity contribution in [3.05, 3.63) is 53.6 Å². The molecule has 1 atom stereocenters. The zero-order valence-corrected chi connectivity index (χ0v) is 10.3. The van der Waals surface area contributed by atoms with E-state index in [4.69, 9.17) is 0 Å². The predicted octanol–water partition coefficient (Wildman–Crippen LogP) is 2.55. The van der Waals surface area contributed by atoms with Gasteiger partial charge in [-0.15, -0.1) is 0 Å². The molecule has 96 valence electrons. The quantitative estimate of drug-likeness (QED) is 0.905. The second-order valence-corrected chi connectivity index (χ2v) is 4.20. The minimum Gasteiger partial charge on any atom is -0.337 e. The van der Waals surface area contributed by atoms with E-state index in [0.717, 1.165) is 11.9 Å². The first-order valence-corrected chi connectivity index (χ1v) is 5.73. The molecule has 2 rings (SSSR count). The van der Waals surface area contributed by atoms with Crippen LogP contribution in [0.5, 0.6) is 0 Å². The highest BCUT2D eigenvalue weighted by Crippen LogP contribution is 2.19. The van der Waals surface area contributed by atoms with E-state index in [1.165, 1.54) is 6.07 Å². The summed E-state index contributed by atoms with van der Waals surface area (Å²) in [7, 11) is 1.89. The molecule has 0 amide bonds. The molecule has 0 saturated carbocycles. The molecule has 0 aliphatic carbocycles. The molecule has 0 bridgehead atoms. The van der Waals surface area contributed by atoms with Crippen LogP contribution in [0.2, 0.25) is 0 Å². The summed E-state index contributed by atoms with van der Waals surface area (Å²) < 4.78 is 28.5. The van der Waals surface area contributed by atoms with Gasteiger partial charge in [-0.1, -0.05) is 12.1 Å². The molecule has 1 aromatic carbocycles. The normalized spacial score (nSPS) is 12.7. The highest BCUT2D eigenvalue weighted by molar-refractivity contribution is 5.22. The minimum atomic E-state index is -0.821. The van der Waals surface area contributed by atoms with Crippen LogP contribution in [-0.2, 0) is 13.6 Å². The molecule has 18 heavy (non-hydrogen) atoms. The lowest BCUT2D eigenvalue weighted by atomic mass is 10.1. The molecule has 0 aliphatic heterocycles. The lowest BCUT2D eigenvalue weighted by Crippen LogP contribution is -2.21. The number of aryl methyl sites for hydroxylation is 1. The fourth-order valence-corrected chi connectivity index (χ4v) is 1.78. The summed E-state index contributed by atoms with van der Waals surface area (Å²) in [5.74, 6) is -0.769. The fraction of sp³-hybridized carbons (Fsp3) is 0.308. The van der Waals surface area contributed by atoms with E-state index in [1.807, 2.05) is 17.8 Å². The number of hydrogen-bond donors (Lipinski definition) is 1. The summed E-state index contributed by atoms with van der Waals surface area (Å²) >= 11 is 0. The summed E-state index contributed by atoms with van der Waals surface area (Å²) in [6.45, 7) is 2.29. The van der Waals surface area contributed by atoms with Crippen LogP contribution in [0.4, 0.5) is 8.78 Å². The number of aromatic nitrogens is 2. The molecular formula is C13H15F2N3. The van der Waals surface area contributed by atoms with E-state index >= 15 is 0 Å². The van der Waals surface area contributed by atoms with E-state index in [-0.39, 0.29) is 6.04 Å². The maximum Gasteiger partial charge on any atom is 0.163 e. The Kier molecular flexibility index (Phi) is 3.72. The van der Waals surface area contributed by atoms with Gasteiger partial charge in [0, 0.05) is 31.0 Å². The van der Waals surface area contributed by atoms with Gasteiger partial charge in [-0.3, -0.25) is 0 Å². The van der Waals surface area contributed by atoms with E-state index in [1.54, 1.807) is 19.2 Å². The molecule has 3 nitrogen and oxygen atoms in total. The number of hydrogen-bond acceptors (Lipinski definition) is 2. The maximum absolute atomic E-state index is 13.6. The number of halogens is 2. The SMILES string of the molecule is CC(NCc1nccn1C)c1cccc(F)c1F. The number of rotatable bonds is 4. The summed E-state index contributed by atoms with van der Waals surface area (Å²) in [6, 6.07) is 3.92. The molecule has 0 saturated heterocycles. The molecule has 1 aromatic heterocycles. The van der Waals surface area contributed by atoms with Gasteiger partial charge >= 0.3 is 0 Å². The van der Waals surface area contributed by atoms with Crippen LogP contribution in [0.25, 0.3) is 0 Å². The summed E-state index contributed by atoms with van der Waals surface area (Å²) in [5.41, 5.74) is 0.323. The Balaban J connectivity index is 2.06. The average molecular weight is 251 g/mol. The molecular weight excluding hydrogens is 236 g/mol. The van der Waals surface area contributed by atoms with Crippen molar-refractivity contribution in [3.63, 3.8) is 0 Å². The standard InChI is InChI=1S/C13H15F2N3/c1-9(10-4-3-5-11(14)13(10)15)17-8-12-16-6-7-18(12)2/h3-7,9,17H,8H2,1-2H3. The first kappa shape index (κ1) is 12.7. The molecule has 5 heteroatoms. The van der Waals surface area contributed by atoms with Gasteiger partial charge < -0.3 is 9.88 Å². The van der Waals surface area contributed by atoms with Crippen molar-refractivity contribution >= 4 is 0 Å². The van der Waals surface area contributed by atoms with Crippen LogP contribution in [-0.4, -0.2) is 9.55 Å². The first-order chi connectivity index (χ1) is 8.59. The van der Waals surface area contributed by atoms with Crippen molar-refractivity contribution in [1.29, 1.82) is 0 Å². The van der Waals surface area contributed by atoms with E-state index in [2.05, 4.69) is 10.3 Å². The van der Waals surface area contributed by atoms with Crippen LogP contribution in [0.1, 0.15) is 24.4 Å². The Morgan fingerprint density at radius 3 is 2.83 bits per heavy atom. The largest absolute Gasteiger partial charge is 0.337 e. The van der Waals surface area contributed by atoms with E-state index in [9.17, 15) is 8.78 Å². The highest BCUT2D eigenvalue weighted by Gasteiger charge is 2.14. The zero-order chi connectivity index (χ0) is 13.1. The number of benzene rings is 1. The minimum absolute atomic E-state index is 0.280. The maximum atomic E-state index is 13.6. The van der Waals surface area contributed by atoms with Crippen molar-refractivity contribution in [1.82, 2.24) is 14.9 Å². The third-order valence-corrected chi connectivity index (χ3v) is 2.94. The molecule has 2 aromatic rings. The van der Waals surface area contributed by atoms with Crippen molar-refractivity contribution in [2.45, 2.75) is 19.5 Å². The van der Waals surface area contributed by atoms with E-state index in [0.29, 0.717) is 12.1 Å². The smallest absolute Gasteiger partial charge is 0.163 e. The Morgan fingerprint density at radius 2 is 2.17 bits per heavy atom. The van der Waals surface area contributed by atoms with Gasteiger partial charge in [0.15, 0.2) is 11.6 Å². The molecule has 0 radical (unpaired) electrons. The predicted molar refractivity (Wildman–Crippen MR) is 64.8 cm³/mol. The molecule has 0 fully saturated rings. The van der Waals surface area contributed by atoms with Crippen molar-refractivity contribution in [2.75, 3.05) is 0 Å². The van der Waals surface area contributed by atoms with Crippen molar-refractivity contribution < 1.29 is 8.78 Å². The zero-order valence-electron chi connectivity index (χ0n) is 10.3. The van der Waals surface area contributed by atoms with Crippen molar-refractivity contribution in [3.8, 4) is 0 Å². The molecule has 0 aliphatic rings. The number of nitrogens with zero attached hydrogens (tertiary/aromatic N) is 2. The van der Waals surface area contributed by atoms with Gasteiger partial charge in [-0.25, -0.2) is 13.8 Å². The molecule has 1 heterocycles. The molecule has 1 N–H and O–H groups in total. The summed E-state index contributed by atoms with van der Waals surface area (Å²) in [6.07, 6.45) is 3.54. The summed E-state index contributed by atoms with van der Waals surface area (Å²) in [4.78, 5) is 4.15. The summed E-state index contributed by atoms with van der Waals surface area (Å²) in [5, 5.41) is 3.12. The lowest BCUT2D eigenvalue weighted by molar-refractivity contribution is 0.468. The van der Waals surface area contributed by atoms with Gasteiger partial charge in [0.1, 0.15) is 5.82 Å². The Labute approximate surface area is 104 Å². The van der Waals surface area contributed by atoms with Crippen LogP contribution < -0.4 is 5.32 Å². The Bertz CT molecular complexity index is 537. The fourth-order valence-electron chi connectivity index (χ4n) is 1.78. The van der Waals surface area contributed by atoms with Crippen molar-refractivity contribution in [2.24, 2.45) is 7.05 Å². The van der Waals surface area contributed by atoms with Crippen LogP contribution in [0.15, 0.2) is 30.6 Å². The van der Waals surface area contributed by atoms with Gasteiger partial charge in [0.05, 0.1) is 6.54 Å². The average Bonchev–Trinajstić information content (AvgIpc) is 2.75. The second-order valence-electron chi connectivity index (χ2n) is 4.20. The van der Waals surface area contributed by atoms with Gasteiger partial charge in [0.25, 0.3) is 0 Å². The second kappa shape index (κ2) is 5.27. The monoisotopic (exact) mass is 251 g/mol. The van der Waals surface area contributed by atoms with Gasteiger partial charge in [-0.2, -0.15) is 0 Å². The Hall–Kier alpha value is -1.75. The van der Waals surface area contributed by atoms with Gasteiger partial charge in [-0.05, 0) is 13.0 Å². The van der Waals surface area contributed by atoms with Crippen LogP contribution in [0.3, 0.4) is 0 Å². The van der Waals surface area contributed by atoms with E-state index < -0.39 is 11.6 Å². The topological polar surface area (TPSA) is 29.9 Å². The first-order valence-electron chi connectivity index (χ1n) is 5.73.